The third kappa shape index (κ3) is 3.72. The normalized spacial score (nSPS) is 17.9. The molecule has 128 valence electrons. The van der Waals surface area contributed by atoms with Gasteiger partial charge in [0.05, 0.1) is 11.9 Å². The third-order valence-electron chi connectivity index (χ3n) is 4.58. The number of carbonyl (C=O) groups is 1. The molecule has 1 saturated heterocycles. The lowest BCUT2D eigenvalue weighted by Crippen LogP contribution is -2.43. The molecule has 1 N–H and O–H groups in total. The Balaban J connectivity index is 1.63. The van der Waals surface area contributed by atoms with Crippen LogP contribution >= 0.6 is 0 Å². The minimum absolute atomic E-state index is 0.0102. The van der Waals surface area contributed by atoms with Gasteiger partial charge < -0.3 is 4.90 Å². The number of H-pyrrole nitrogens is 1. The van der Waals surface area contributed by atoms with E-state index >= 15 is 0 Å². The van der Waals surface area contributed by atoms with Crippen LogP contribution in [0.15, 0.2) is 23.1 Å². The Morgan fingerprint density at radius 1 is 1.38 bits per heavy atom. The molecular weight excluding hydrogens is 306 g/mol. The number of carbonyl (C=O) groups excluding carboxylic acids is 1. The average molecular weight is 329 g/mol. The number of aromatic nitrogens is 4. The van der Waals surface area contributed by atoms with Gasteiger partial charge in [-0.05, 0) is 50.7 Å². The SMILES string of the molecule is Cc1ccc(=O)n(CC(=O)N2CCCC(Cc3[nH]ncc3C)C2)n1. The summed E-state index contributed by atoms with van der Waals surface area (Å²) >= 11 is 0. The summed E-state index contributed by atoms with van der Waals surface area (Å²) in [6.07, 6.45) is 4.82. The predicted molar refractivity (Wildman–Crippen MR) is 89.6 cm³/mol. The van der Waals surface area contributed by atoms with E-state index in [9.17, 15) is 9.59 Å². The minimum atomic E-state index is -0.240. The third-order valence-corrected chi connectivity index (χ3v) is 4.58. The number of rotatable bonds is 4. The second-order valence-corrected chi connectivity index (χ2v) is 6.55. The number of nitrogens with one attached hydrogen (secondary N) is 1. The molecule has 24 heavy (non-hydrogen) atoms. The lowest BCUT2D eigenvalue weighted by Gasteiger charge is -2.32. The molecule has 1 aliphatic heterocycles. The maximum Gasteiger partial charge on any atom is 0.267 e. The molecule has 2 aromatic rings. The monoisotopic (exact) mass is 329 g/mol. The Kier molecular flexibility index (Phi) is 4.78. The quantitative estimate of drug-likeness (QED) is 0.909. The van der Waals surface area contributed by atoms with Crippen LogP contribution in [0.3, 0.4) is 0 Å². The Bertz CT molecular complexity index is 779. The van der Waals surface area contributed by atoms with Crippen molar-refractivity contribution >= 4 is 5.91 Å². The first kappa shape index (κ1) is 16.4. The number of nitrogens with zero attached hydrogens (tertiary/aromatic N) is 4. The Labute approximate surface area is 140 Å². The molecule has 7 nitrogen and oxygen atoms in total. The van der Waals surface area contributed by atoms with Gasteiger partial charge in [0.2, 0.25) is 5.91 Å². The van der Waals surface area contributed by atoms with Gasteiger partial charge in [-0.15, -0.1) is 0 Å². The van der Waals surface area contributed by atoms with Crippen molar-refractivity contribution in [2.75, 3.05) is 13.1 Å². The summed E-state index contributed by atoms with van der Waals surface area (Å²) in [7, 11) is 0. The largest absolute Gasteiger partial charge is 0.341 e. The maximum absolute atomic E-state index is 12.6. The zero-order valence-corrected chi connectivity index (χ0v) is 14.2. The van der Waals surface area contributed by atoms with Crippen LogP contribution < -0.4 is 5.56 Å². The van der Waals surface area contributed by atoms with Crippen LogP contribution in [0.4, 0.5) is 0 Å². The Morgan fingerprint density at radius 2 is 2.21 bits per heavy atom. The molecular formula is C17H23N5O2. The van der Waals surface area contributed by atoms with Gasteiger partial charge in [-0.3, -0.25) is 14.7 Å². The van der Waals surface area contributed by atoms with Crippen molar-refractivity contribution in [2.24, 2.45) is 5.92 Å². The first-order valence-corrected chi connectivity index (χ1v) is 8.34. The summed E-state index contributed by atoms with van der Waals surface area (Å²) in [6, 6.07) is 3.11. The van der Waals surface area contributed by atoms with E-state index in [0.717, 1.165) is 49.3 Å². The van der Waals surface area contributed by atoms with E-state index in [-0.39, 0.29) is 18.0 Å². The summed E-state index contributed by atoms with van der Waals surface area (Å²) in [5.74, 6) is 0.380. The van der Waals surface area contributed by atoms with Gasteiger partial charge >= 0.3 is 0 Å². The number of aryl methyl sites for hydroxylation is 2. The van der Waals surface area contributed by atoms with Gasteiger partial charge in [-0.2, -0.15) is 10.2 Å². The first-order chi connectivity index (χ1) is 11.5. The summed E-state index contributed by atoms with van der Waals surface area (Å²) in [4.78, 5) is 26.2. The van der Waals surface area contributed by atoms with Crippen LogP contribution in [0, 0.1) is 19.8 Å². The van der Waals surface area contributed by atoms with Crippen molar-refractivity contribution in [2.45, 2.75) is 39.7 Å². The minimum Gasteiger partial charge on any atom is -0.341 e. The van der Waals surface area contributed by atoms with Gasteiger partial charge in [0.15, 0.2) is 0 Å². The molecule has 0 aliphatic carbocycles. The number of hydrogen-bond acceptors (Lipinski definition) is 4. The van der Waals surface area contributed by atoms with Crippen LogP contribution in [-0.4, -0.2) is 43.9 Å². The topological polar surface area (TPSA) is 83.9 Å². The Hall–Kier alpha value is -2.44. The fourth-order valence-corrected chi connectivity index (χ4v) is 3.22. The molecule has 3 heterocycles. The van der Waals surface area contributed by atoms with Crippen LogP contribution in [0.1, 0.15) is 29.8 Å². The lowest BCUT2D eigenvalue weighted by atomic mass is 9.92. The molecule has 1 fully saturated rings. The molecule has 1 aliphatic rings. The molecule has 1 amide bonds. The highest BCUT2D eigenvalue weighted by Gasteiger charge is 2.25. The van der Waals surface area contributed by atoms with Gasteiger partial charge in [0.25, 0.3) is 5.56 Å². The predicted octanol–water partition coefficient (Wildman–Crippen LogP) is 1.06. The molecule has 0 aromatic carbocycles. The lowest BCUT2D eigenvalue weighted by molar-refractivity contribution is -0.133. The number of aromatic amines is 1. The molecule has 7 heteroatoms. The number of piperidine rings is 1. The first-order valence-electron chi connectivity index (χ1n) is 8.34. The molecule has 3 rings (SSSR count). The fraction of sp³-hybridized carbons (Fsp3) is 0.529. The van der Waals surface area contributed by atoms with Crippen molar-refractivity contribution < 1.29 is 4.79 Å². The zero-order valence-electron chi connectivity index (χ0n) is 14.2. The smallest absolute Gasteiger partial charge is 0.267 e. The average Bonchev–Trinajstić information content (AvgIpc) is 2.96. The molecule has 0 spiro atoms. The fourth-order valence-electron chi connectivity index (χ4n) is 3.22. The number of amides is 1. The van der Waals surface area contributed by atoms with E-state index < -0.39 is 0 Å². The van der Waals surface area contributed by atoms with Crippen molar-refractivity contribution in [3.8, 4) is 0 Å². The van der Waals surface area contributed by atoms with Gasteiger partial charge in [-0.1, -0.05) is 0 Å². The van der Waals surface area contributed by atoms with E-state index in [0.29, 0.717) is 5.92 Å². The van der Waals surface area contributed by atoms with Crippen LogP contribution in [0.5, 0.6) is 0 Å². The van der Waals surface area contributed by atoms with Crippen LogP contribution in [-0.2, 0) is 17.8 Å². The highest BCUT2D eigenvalue weighted by atomic mass is 16.2. The molecule has 0 bridgehead atoms. The summed E-state index contributed by atoms with van der Waals surface area (Å²) < 4.78 is 1.25. The van der Waals surface area contributed by atoms with Crippen molar-refractivity contribution in [1.82, 2.24) is 24.9 Å². The molecule has 1 atom stereocenters. The summed E-state index contributed by atoms with van der Waals surface area (Å²) in [5, 5.41) is 11.2. The molecule has 0 saturated carbocycles. The highest BCUT2D eigenvalue weighted by Crippen LogP contribution is 2.21. The van der Waals surface area contributed by atoms with Crippen molar-refractivity contribution in [3.63, 3.8) is 0 Å². The standard InChI is InChI=1S/C17H23N5O2/c1-12-9-18-19-15(12)8-14-4-3-7-21(10-14)17(24)11-22-16(23)6-5-13(2)20-22/h5-6,9,14H,3-4,7-8,10-11H2,1-2H3,(H,18,19). The van der Waals surface area contributed by atoms with E-state index in [2.05, 4.69) is 15.3 Å². The van der Waals surface area contributed by atoms with Gasteiger partial charge in [0, 0.05) is 24.8 Å². The molecule has 0 radical (unpaired) electrons. The number of hydrogen-bond donors (Lipinski definition) is 1. The summed E-state index contributed by atoms with van der Waals surface area (Å²) in [5.41, 5.74) is 2.80. The maximum atomic E-state index is 12.6. The molecule has 1 unspecified atom stereocenters. The second-order valence-electron chi connectivity index (χ2n) is 6.55. The molecule has 2 aromatic heterocycles. The van der Waals surface area contributed by atoms with Crippen molar-refractivity contribution in [3.05, 3.63) is 45.6 Å². The Morgan fingerprint density at radius 3 is 2.96 bits per heavy atom. The highest BCUT2D eigenvalue weighted by molar-refractivity contribution is 5.76. The zero-order chi connectivity index (χ0) is 17.1. The van der Waals surface area contributed by atoms with Crippen LogP contribution in [0.25, 0.3) is 0 Å². The van der Waals surface area contributed by atoms with Gasteiger partial charge in [-0.25, -0.2) is 4.68 Å². The number of likely N-dealkylation sites (tertiary alicyclic amines) is 1. The van der Waals surface area contributed by atoms with Gasteiger partial charge in [0.1, 0.15) is 6.54 Å². The van der Waals surface area contributed by atoms with Crippen LogP contribution in [0.2, 0.25) is 0 Å². The van der Waals surface area contributed by atoms with Crippen molar-refractivity contribution in [1.29, 1.82) is 0 Å². The van der Waals surface area contributed by atoms with E-state index in [1.54, 1.807) is 6.07 Å². The van der Waals surface area contributed by atoms with E-state index in [1.165, 1.54) is 10.7 Å². The second kappa shape index (κ2) is 6.98. The van der Waals surface area contributed by atoms with E-state index in [4.69, 9.17) is 0 Å². The summed E-state index contributed by atoms with van der Waals surface area (Å²) in [6.45, 7) is 5.33. The van der Waals surface area contributed by atoms with E-state index in [1.807, 2.05) is 24.9 Å².